The summed E-state index contributed by atoms with van der Waals surface area (Å²) in [4.78, 5) is 0.199. The fourth-order valence-electron chi connectivity index (χ4n) is 1.91. The van der Waals surface area contributed by atoms with Gasteiger partial charge < -0.3 is 4.74 Å². The van der Waals surface area contributed by atoms with E-state index in [9.17, 15) is 8.42 Å². The van der Waals surface area contributed by atoms with E-state index in [1.807, 2.05) is 24.3 Å². The average molecular weight is 374 g/mol. The molecule has 1 heterocycles. The Balaban J connectivity index is 1.91. The van der Waals surface area contributed by atoms with Gasteiger partial charge in [-0.2, -0.15) is 5.10 Å². The minimum absolute atomic E-state index is 0.179. The van der Waals surface area contributed by atoms with Crippen molar-refractivity contribution >= 4 is 26.0 Å². The van der Waals surface area contributed by atoms with Crippen LogP contribution >= 0.6 is 15.9 Å². The summed E-state index contributed by atoms with van der Waals surface area (Å²) in [6.07, 6.45) is 0. The Hall–Kier alpha value is -1.38. The molecule has 0 aliphatic heterocycles. The second-order valence-electron chi connectivity index (χ2n) is 4.47. The molecule has 1 aromatic carbocycles. The van der Waals surface area contributed by atoms with Crippen LogP contribution in [-0.4, -0.2) is 31.8 Å². The van der Waals surface area contributed by atoms with Gasteiger partial charge in [0, 0.05) is 11.0 Å². The third-order valence-electron chi connectivity index (χ3n) is 2.79. The van der Waals surface area contributed by atoms with Crippen molar-refractivity contribution in [3.63, 3.8) is 0 Å². The molecule has 2 rings (SSSR count). The van der Waals surface area contributed by atoms with Gasteiger partial charge in [-0.3, -0.25) is 5.10 Å². The Labute approximate surface area is 132 Å². The van der Waals surface area contributed by atoms with Gasteiger partial charge in [0.1, 0.15) is 17.3 Å². The van der Waals surface area contributed by atoms with Crippen molar-refractivity contribution in [1.29, 1.82) is 0 Å². The van der Waals surface area contributed by atoms with Crippen molar-refractivity contribution in [2.24, 2.45) is 0 Å². The number of sulfonamides is 1. The Bertz CT molecular complexity index is 709. The highest BCUT2D eigenvalue weighted by Crippen LogP contribution is 2.18. The number of nitrogens with one attached hydrogen (secondary N) is 2. The topological polar surface area (TPSA) is 84.1 Å². The van der Waals surface area contributed by atoms with Gasteiger partial charge in [0.15, 0.2) is 0 Å². The average Bonchev–Trinajstić information content (AvgIpc) is 2.75. The minimum atomic E-state index is -3.57. The van der Waals surface area contributed by atoms with Gasteiger partial charge in [-0.05, 0) is 32.0 Å². The molecule has 2 N–H and O–H groups in total. The molecule has 0 saturated carbocycles. The molecule has 0 unspecified atom stereocenters. The number of hydrogen-bond donors (Lipinski definition) is 2. The zero-order valence-electron chi connectivity index (χ0n) is 11.7. The predicted octanol–water partition coefficient (Wildman–Crippen LogP) is 2.15. The first-order valence-corrected chi connectivity index (χ1v) is 8.57. The molecule has 0 atom stereocenters. The van der Waals surface area contributed by atoms with E-state index >= 15 is 0 Å². The quantitative estimate of drug-likeness (QED) is 0.759. The van der Waals surface area contributed by atoms with E-state index in [4.69, 9.17) is 4.74 Å². The lowest BCUT2D eigenvalue weighted by molar-refractivity contribution is 0.322. The number of H-pyrrole nitrogens is 1. The summed E-state index contributed by atoms with van der Waals surface area (Å²) in [5.74, 6) is 0.680. The highest BCUT2D eigenvalue weighted by molar-refractivity contribution is 9.10. The number of hydrogen-bond acceptors (Lipinski definition) is 4. The molecule has 0 saturated heterocycles. The van der Waals surface area contributed by atoms with Crippen molar-refractivity contribution in [2.45, 2.75) is 18.7 Å². The van der Waals surface area contributed by atoms with E-state index < -0.39 is 10.0 Å². The van der Waals surface area contributed by atoms with E-state index in [1.54, 1.807) is 13.8 Å². The minimum Gasteiger partial charge on any atom is -0.492 e. The van der Waals surface area contributed by atoms with Gasteiger partial charge in [-0.15, -0.1) is 0 Å². The van der Waals surface area contributed by atoms with Gasteiger partial charge in [-0.25, -0.2) is 13.1 Å². The third kappa shape index (κ3) is 4.05. The lowest BCUT2D eigenvalue weighted by Crippen LogP contribution is -2.29. The summed E-state index contributed by atoms with van der Waals surface area (Å²) >= 11 is 3.34. The van der Waals surface area contributed by atoms with E-state index in [0.29, 0.717) is 17.1 Å². The first-order chi connectivity index (χ1) is 9.90. The van der Waals surface area contributed by atoms with Crippen molar-refractivity contribution in [3.05, 3.63) is 40.1 Å². The largest absolute Gasteiger partial charge is 0.492 e. The van der Waals surface area contributed by atoms with Crippen molar-refractivity contribution in [1.82, 2.24) is 14.9 Å². The molecule has 0 aliphatic carbocycles. The van der Waals surface area contributed by atoms with E-state index in [0.717, 1.165) is 4.47 Å². The van der Waals surface area contributed by atoms with Gasteiger partial charge in [0.2, 0.25) is 10.0 Å². The molecule has 1 aromatic heterocycles. The van der Waals surface area contributed by atoms with E-state index in [-0.39, 0.29) is 18.0 Å². The van der Waals surface area contributed by atoms with Gasteiger partial charge in [-0.1, -0.05) is 22.0 Å². The number of benzene rings is 1. The number of aromatic amines is 1. The lowest BCUT2D eigenvalue weighted by Gasteiger charge is -2.09. The van der Waals surface area contributed by atoms with Crippen LogP contribution in [0.4, 0.5) is 0 Å². The Kier molecular flexibility index (Phi) is 5.02. The second-order valence-corrected chi connectivity index (χ2v) is 7.09. The van der Waals surface area contributed by atoms with Crippen LogP contribution in [0.5, 0.6) is 5.75 Å². The summed E-state index contributed by atoms with van der Waals surface area (Å²) in [5, 5.41) is 6.55. The second kappa shape index (κ2) is 6.59. The van der Waals surface area contributed by atoms with Crippen molar-refractivity contribution < 1.29 is 13.2 Å². The fraction of sp³-hybridized carbons (Fsp3) is 0.308. The molecule has 0 aliphatic rings. The van der Waals surface area contributed by atoms with E-state index in [1.165, 1.54) is 0 Å². The standard InChI is InChI=1S/C13H16BrN3O3S/c1-9-13(10(2)17-16-9)21(18,19)15-6-7-20-12-5-3-4-11(14)8-12/h3-5,8,15H,6-7H2,1-2H3,(H,16,17). The van der Waals surface area contributed by atoms with Crippen LogP contribution in [0, 0.1) is 13.8 Å². The molecule has 0 spiro atoms. The molecule has 0 bridgehead atoms. The van der Waals surface area contributed by atoms with Crippen LogP contribution < -0.4 is 9.46 Å². The molecular weight excluding hydrogens is 358 g/mol. The Morgan fingerprint density at radius 2 is 2.14 bits per heavy atom. The molecule has 114 valence electrons. The monoisotopic (exact) mass is 373 g/mol. The van der Waals surface area contributed by atoms with Crippen LogP contribution in [0.25, 0.3) is 0 Å². The SMILES string of the molecule is Cc1n[nH]c(C)c1S(=O)(=O)NCCOc1cccc(Br)c1. The molecule has 8 heteroatoms. The number of nitrogens with zero attached hydrogens (tertiary/aromatic N) is 1. The molecule has 21 heavy (non-hydrogen) atoms. The van der Waals surface area contributed by atoms with Crippen LogP contribution in [0.3, 0.4) is 0 Å². The number of rotatable bonds is 6. The summed E-state index contributed by atoms with van der Waals surface area (Å²) in [6.45, 7) is 3.74. The van der Waals surface area contributed by atoms with Crippen molar-refractivity contribution in [3.8, 4) is 5.75 Å². The molecule has 0 fully saturated rings. The molecule has 0 radical (unpaired) electrons. The van der Waals surface area contributed by atoms with Crippen LogP contribution in [0.1, 0.15) is 11.4 Å². The highest BCUT2D eigenvalue weighted by atomic mass is 79.9. The zero-order valence-corrected chi connectivity index (χ0v) is 14.1. The summed E-state index contributed by atoms with van der Waals surface area (Å²) in [5.41, 5.74) is 0.973. The summed E-state index contributed by atoms with van der Waals surface area (Å²) < 4.78 is 33.2. The van der Waals surface area contributed by atoms with Gasteiger partial charge in [0.25, 0.3) is 0 Å². The smallest absolute Gasteiger partial charge is 0.244 e. The number of halogens is 1. The zero-order chi connectivity index (χ0) is 15.5. The molecular formula is C13H16BrN3O3S. The maximum Gasteiger partial charge on any atom is 0.244 e. The number of ether oxygens (including phenoxy) is 1. The van der Waals surface area contributed by atoms with E-state index in [2.05, 4.69) is 30.8 Å². The van der Waals surface area contributed by atoms with Gasteiger partial charge >= 0.3 is 0 Å². The van der Waals surface area contributed by atoms with Crippen LogP contribution in [0.15, 0.2) is 33.6 Å². The first kappa shape index (κ1) is 16.0. The summed E-state index contributed by atoms with van der Waals surface area (Å²) in [6, 6.07) is 7.37. The lowest BCUT2D eigenvalue weighted by atomic mass is 10.3. The Morgan fingerprint density at radius 1 is 1.38 bits per heavy atom. The number of aromatic nitrogens is 2. The maximum atomic E-state index is 12.2. The van der Waals surface area contributed by atoms with Crippen molar-refractivity contribution in [2.75, 3.05) is 13.2 Å². The molecule has 2 aromatic rings. The number of aryl methyl sites for hydroxylation is 2. The Morgan fingerprint density at radius 3 is 2.76 bits per heavy atom. The highest BCUT2D eigenvalue weighted by Gasteiger charge is 2.21. The first-order valence-electron chi connectivity index (χ1n) is 6.30. The third-order valence-corrected chi connectivity index (χ3v) is 5.00. The predicted molar refractivity (Wildman–Crippen MR) is 82.9 cm³/mol. The summed E-state index contributed by atoms with van der Waals surface area (Å²) in [7, 11) is -3.57. The fourth-order valence-corrected chi connectivity index (χ4v) is 3.67. The molecule has 0 amide bonds. The maximum absolute atomic E-state index is 12.2. The van der Waals surface area contributed by atoms with Crippen LogP contribution in [-0.2, 0) is 10.0 Å². The molecule has 6 nitrogen and oxygen atoms in total. The van der Waals surface area contributed by atoms with Crippen LogP contribution in [0.2, 0.25) is 0 Å². The van der Waals surface area contributed by atoms with Gasteiger partial charge in [0.05, 0.1) is 11.4 Å². The normalized spacial score (nSPS) is 11.6.